The SMILES string of the molecule is COc1ccc(CNC(=O)CNC(=O)c2cc(C)cc(C)c2)cn1. The molecule has 2 aromatic rings. The van der Waals surface area contributed by atoms with Gasteiger partial charge in [-0.2, -0.15) is 0 Å². The molecule has 1 aromatic heterocycles. The predicted octanol–water partition coefficient (Wildman–Crippen LogP) is 1.75. The minimum atomic E-state index is -0.261. The number of aryl methyl sites for hydroxylation is 2. The van der Waals surface area contributed by atoms with Crippen LogP contribution in [-0.4, -0.2) is 30.5 Å². The molecule has 0 atom stereocenters. The molecule has 2 amide bonds. The van der Waals surface area contributed by atoms with Gasteiger partial charge in [-0.15, -0.1) is 0 Å². The molecule has 0 aliphatic carbocycles. The highest BCUT2D eigenvalue weighted by Gasteiger charge is 2.09. The number of rotatable bonds is 6. The van der Waals surface area contributed by atoms with E-state index in [9.17, 15) is 9.59 Å². The highest BCUT2D eigenvalue weighted by atomic mass is 16.5. The van der Waals surface area contributed by atoms with E-state index in [4.69, 9.17) is 4.74 Å². The van der Waals surface area contributed by atoms with Gasteiger partial charge in [0.05, 0.1) is 13.7 Å². The van der Waals surface area contributed by atoms with Gasteiger partial charge in [0.15, 0.2) is 0 Å². The minimum absolute atomic E-state index is 0.0740. The van der Waals surface area contributed by atoms with Crippen molar-refractivity contribution in [3.8, 4) is 5.88 Å². The lowest BCUT2D eigenvalue weighted by Gasteiger charge is -2.08. The third-order valence-corrected chi connectivity index (χ3v) is 3.39. The maximum absolute atomic E-state index is 12.1. The number of aromatic nitrogens is 1. The molecule has 0 radical (unpaired) electrons. The lowest BCUT2D eigenvalue weighted by molar-refractivity contribution is -0.120. The standard InChI is InChI=1S/C18H21N3O3/c1-12-6-13(2)8-15(7-12)18(23)21-11-16(22)19-9-14-4-5-17(24-3)20-10-14/h4-8,10H,9,11H2,1-3H3,(H,19,22)(H,21,23). The van der Waals surface area contributed by atoms with Gasteiger partial charge in [0.25, 0.3) is 5.91 Å². The molecule has 0 spiro atoms. The average molecular weight is 327 g/mol. The number of amides is 2. The maximum Gasteiger partial charge on any atom is 0.251 e. The number of nitrogens with zero attached hydrogens (tertiary/aromatic N) is 1. The topological polar surface area (TPSA) is 80.3 Å². The van der Waals surface area contributed by atoms with Crippen molar-refractivity contribution in [2.24, 2.45) is 0 Å². The summed E-state index contributed by atoms with van der Waals surface area (Å²) in [5.74, 6) is -0.00241. The van der Waals surface area contributed by atoms with Crippen LogP contribution in [0.15, 0.2) is 36.5 Å². The zero-order valence-corrected chi connectivity index (χ0v) is 14.1. The van der Waals surface area contributed by atoms with Crippen LogP contribution in [0.1, 0.15) is 27.0 Å². The predicted molar refractivity (Wildman–Crippen MR) is 90.9 cm³/mol. The normalized spacial score (nSPS) is 10.1. The highest BCUT2D eigenvalue weighted by Crippen LogP contribution is 2.08. The van der Waals surface area contributed by atoms with Crippen LogP contribution in [0.2, 0.25) is 0 Å². The first kappa shape index (κ1) is 17.5. The van der Waals surface area contributed by atoms with E-state index in [1.165, 1.54) is 0 Å². The summed E-state index contributed by atoms with van der Waals surface area (Å²) in [6.45, 7) is 4.13. The largest absolute Gasteiger partial charge is 0.481 e. The molecule has 1 aromatic carbocycles. The molecule has 6 nitrogen and oxygen atoms in total. The van der Waals surface area contributed by atoms with Crippen LogP contribution in [0.5, 0.6) is 5.88 Å². The molecule has 24 heavy (non-hydrogen) atoms. The molecule has 2 rings (SSSR count). The van der Waals surface area contributed by atoms with Crippen molar-refractivity contribution in [3.05, 3.63) is 58.8 Å². The highest BCUT2D eigenvalue weighted by molar-refractivity contribution is 5.96. The summed E-state index contributed by atoms with van der Waals surface area (Å²) in [4.78, 5) is 28.0. The first-order valence-corrected chi connectivity index (χ1v) is 7.60. The average Bonchev–Trinajstić information content (AvgIpc) is 2.57. The van der Waals surface area contributed by atoms with Crippen LogP contribution in [0.4, 0.5) is 0 Å². The molecule has 0 bridgehead atoms. The van der Waals surface area contributed by atoms with Gasteiger partial charge in [0, 0.05) is 24.4 Å². The summed E-state index contributed by atoms with van der Waals surface area (Å²) >= 11 is 0. The van der Waals surface area contributed by atoms with Crippen LogP contribution < -0.4 is 15.4 Å². The number of hydrogen-bond acceptors (Lipinski definition) is 4. The first-order chi connectivity index (χ1) is 11.5. The molecule has 0 aliphatic heterocycles. The Bertz CT molecular complexity index is 707. The number of carbonyl (C=O) groups is 2. The Morgan fingerprint density at radius 1 is 1.08 bits per heavy atom. The second-order valence-electron chi connectivity index (χ2n) is 5.54. The number of nitrogens with one attached hydrogen (secondary N) is 2. The van der Waals surface area contributed by atoms with Crippen molar-refractivity contribution in [2.75, 3.05) is 13.7 Å². The molecule has 1 heterocycles. The molecule has 2 N–H and O–H groups in total. The molecule has 6 heteroatoms. The number of hydrogen-bond donors (Lipinski definition) is 2. The van der Waals surface area contributed by atoms with Gasteiger partial charge >= 0.3 is 0 Å². The van der Waals surface area contributed by atoms with E-state index in [-0.39, 0.29) is 18.4 Å². The van der Waals surface area contributed by atoms with Crippen molar-refractivity contribution in [3.63, 3.8) is 0 Å². The van der Waals surface area contributed by atoms with Crippen molar-refractivity contribution < 1.29 is 14.3 Å². The van der Waals surface area contributed by atoms with Crippen LogP contribution in [0.25, 0.3) is 0 Å². The fourth-order valence-corrected chi connectivity index (χ4v) is 2.27. The third kappa shape index (κ3) is 5.08. The molecule has 0 aliphatic rings. The van der Waals surface area contributed by atoms with Crippen molar-refractivity contribution in [1.29, 1.82) is 0 Å². The lowest BCUT2D eigenvalue weighted by atomic mass is 10.1. The summed E-state index contributed by atoms with van der Waals surface area (Å²) in [5, 5.41) is 5.35. The monoisotopic (exact) mass is 327 g/mol. The van der Waals surface area contributed by atoms with E-state index in [1.54, 1.807) is 31.5 Å². The fourth-order valence-electron chi connectivity index (χ4n) is 2.27. The quantitative estimate of drug-likeness (QED) is 0.847. The maximum atomic E-state index is 12.1. The third-order valence-electron chi connectivity index (χ3n) is 3.39. The number of pyridine rings is 1. The van der Waals surface area contributed by atoms with Crippen molar-refractivity contribution in [1.82, 2.24) is 15.6 Å². The summed E-state index contributed by atoms with van der Waals surface area (Å²) in [7, 11) is 1.54. The van der Waals surface area contributed by atoms with Gasteiger partial charge in [0.2, 0.25) is 11.8 Å². The second kappa shape index (κ2) is 8.10. The van der Waals surface area contributed by atoms with Crippen molar-refractivity contribution >= 4 is 11.8 Å². The van der Waals surface area contributed by atoms with Crippen LogP contribution in [0, 0.1) is 13.8 Å². The van der Waals surface area contributed by atoms with E-state index in [0.717, 1.165) is 16.7 Å². The van der Waals surface area contributed by atoms with Gasteiger partial charge < -0.3 is 15.4 Å². The molecule has 0 saturated heterocycles. The fraction of sp³-hybridized carbons (Fsp3) is 0.278. The summed E-state index contributed by atoms with van der Waals surface area (Å²) in [6.07, 6.45) is 1.63. The smallest absolute Gasteiger partial charge is 0.251 e. The zero-order chi connectivity index (χ0) is 17.5. The Hall–Kier alpha value is -2.89. The van der Waals surface area contributed by atoms with Crippen LogP contribution in [-0.2, 0) is 11.3 Å². The van der Waals surface area contributed by atoms with Gasteiger partial charge in [-0.1, -0.05) is 23.3 Å². The second-order valence-corrected chi connectivity index (χ2v) is 5.54. The number of methoxy groups -OCH3 is 1. The lowest BCUT2D eigenvalue weighted by Crippen LogP contribution is -2.36. The number of carbonyl (C=O) groups excluding carboxylic acids is 2. The van der Waals surface area contributed by atoms with E-state index >= 15 is 0 Å². The minimum Gasteiger partial charge on any atom is -0.481 e. The molecule has 126 valence electrons. The molecule has 0 saturated carbocycles. The summed E-state index contributed by atoms with van der Waals surface area (Å²) in [6, 6.07) is 9.13. The number of ether oxygens (including phenoxy) is 1. The molecular weight excluding hydrogens is 306 g/mol. The Labute approximate surface area is 141 Å². The van der Waals surface area contributed by atoms with Gasteiger partial charge in [-0.05, 0) is 31.5 Å². The first-order valence-electron chi connectivity index (χ1n) is 7.60. The van der Waals surface area contributed by atoms with Crippen LogP contribution in [0.3, 0.4) is 0 Å². The molecule has 0 fully saturated rings. The van der Waals surface area contributed by atoms with Gasteiger partial charge in [0.1, 0.15) is 0 Å². The van der Waals surface area contributed by atoms with Gasteiger partial charge in [-0.25, -0.2) is 4.98 Å². The number of benzene rings is 1. The van der Waals surface area contributed by atoms with E-state index in [0.29, 0.717) is 18.0 Å². The Morgan fingerprint density at radius 3 is 2.38 bits per heavy atom. The van der Waals surface area contributed by atoms with E-state index in [2.05, 4.69) is 15.6 Å². The van der Waals surface area contributed by atoms with E-state index < -0.39 is 0 Å². The van der Waals surface area contributed by atoms with Gasteiger partial charge in [-0.3, -0.25) is 9.59 Å². The summed E-state index contributed by atoms with van der Waals surface area (Å²) < 4.78 is 4.97. The Kier molecular flexibility index (Phi) is 5.89. The summed E-state index contributed by atoms with van der Waals surface area (Å²) in [5.41, 5.74) is 3.43. The van der Waals surface area contributed by atoms with Crippen molar-refractivity contribution in [2.45, 2.75) is 20.4 Å². The Balaban J connectivity index is 1.80. The van der Waals surface area contributed by atoms with E-state index in [1.807, 2.05) is 26.0 Å². The van der Waals surface area contributed by atoms with Crippen LogP contribution >= 0.6 is 0 Å². The molecule has 0 unspecified atom stereocenters. The Morgan fingerprint density at radius 2 is 1.79 bits per heavy atom. The zero-order valence-electron chi connectivity index (χ0n) is 14.1. The molecular formula is C18H21N3O3.